The second kappa shape index (κ2) is 10.2. The molecule has 2 atom stereocenters. The fourth-order valence-corrected chi connectivity index (χ4v) is 5.18. The minimum absolute atomic E-state index is 0.0371. The number of urea groups is 1. The van der Waals surface area contributed by atoms with Gasteiger partial charge in [0.1, 0.15) is 17.2 Å². The van der Waals surface area contributed by atoms with E-state index in [1.807, 2.05) is 42.1 Å². The van der Waals surface area contributed by atoms with E-state index in [1.54, 1.807) is 4.90 Å². The molecule has 2 N–H and O–H groups in total. The van der Waals surface area contributed by atoms with E-state index in [2.05, 4.69) is 20.8 Å². The largest absolute Gasteiger partial charge is 0.371 e. The molecule has 0 bridgehead atoms. The van der Waals surface area contributed by atoms with Crippen molar-refractivity contribution in [2.75, 3.05) is 36.5 Å². The zero-order valence-electron chi connectivity index (χ0n) is 16.6. The van der Waals surface area contributed by atoms with Crippen LogP contribution in [0, 0.1) is 0 Å². The monoisotopic (exact) mass is 447 g/mol. The molecule has 160 valence electrons. The maximum Gasteiger partial charge on any atom is 0.318 e. The van der Waals surface area contributed by atoms with Crippen LogP contribution < -0.4 is 10.6 Å². The van der Waals surface area contributed by atoms with Crippen LogP contribution in [0.15, 0.2) is 30.3 Å². The lowest BCUT2D eigenvalue weighted by Crippen LogP contribution is -2.52. The number of carbonyl (C=O) groups is 2. The van der Waals surface area contributed by atoms with Crippen molar-refractivity contribution in [3.8, 4) is 0 Å². The van der Waals surface area contributed by atoms with Crippen molar-refractivity contribution in [2.24, 2.45) is 0 Å². The lowest BCUT2D eigenvalue weighted by atomic mass is 10.1. The van der Waals surface area contributed by atoms with Gasteiger partial charge in [-0.25, -0.2) is 4.79 Å². The van der Waals surface area contributed by atoms with Gasteiger partial charge in [0.15, 0.2) is 0 Å². The summed E-state index contributed by atoms with van der Waals surface area (Å²) in [4.78, 5) is 27.5. The van der Waals surface area contributed by atoms with E-state index in [9.17, 15) is 9.59 Å². The average Bonchev–Trinajstić information content (AvgIpc) is 3.46. The Kier molecular flexibility index (Phi) is 7.19. The maximum absolute atomic E-state index is 13.0. The lowest BCUT2D eigenvalue weighted by molar-refractivity contribution is -0.118. The quantitative estimate of drug-likeness (QED) is 0.707. The van der Waals surface area contributed by atoms with Crippen molar-refractivity contribution in [1.82, 2.24) is 20.4 Å². The fourth-order valence-electron chi connectivity index (χ4n) is 3.45. The van der Waals surface area contributed by atoms with Gasteiger partial charge in [-0.05, 0) is 18.4 Å². The van der Waals surface area contributed by atoms with Crippen molar-refractivity contribution >= 4 is 40.2 Å². The third-order valence-electron chi connectivity index (χ3n) is 5.07. The van der Waals surface area contributed by atoms with Gasteiger partial charge in [-0.1, -0.05) is 41.7 Å². The van der Waals surface area contributed by atoms with Crippen LogP contribution in [0.3, 0.4) is 0 Å². The number of ether oxygens (including phenoxy) is 1. The lowest BCUT2D eigenvalue weighted by Gasteiger charge is -2.28. The zero-order chi connectivity index (χ0) is 20.8. The molecule has 0 saturated carbocycles. The third kappa shape index (κ3) is 5.50. The Hall–Kier alpha value is -2.17. The summed E-state index contributed by atoms with van der Waals surface area (Å²) in [7, 11) is 0. The number of rotatable bonds is 6. The average molecular weight is 448 g/mol. The molecule has 0 aliphatic carbocycles. The highest BCUT2D eigenvalue weighted by Gasteiger charge is 2.27. The van der Waals surface area contributed by atoms with Crippen LogP contribution >= 0.6 is 23.1 Å². The Balaban J connectivity index is 1.43. The third-order valence-corrected chi connectivity index (χ3v) is 6.94. The van der Waals surface area contributed by atoms with Crippen LogP contribution in [0.25, 0.3) is 0 Å². The van der Waals surface area contributed by atoms with Gasteiger partial charge in [0.2, 0.25) is 11.0 Å². The van der Waals surface area contributed by atoms with Crippen LogP contribution in [-0.2, 0) is 16.0 Å². The first-order chi connectivity index (χ1) is 14.7. The predicted octanol–water partition coefficient (Wildman–Crippen LogP) is 2.70. The Morgan fingerprint density at radius 2 is 2.00 bits per heavy atom. The molecule has 3 heterocycles. The van der Waals surface area contributed by atoms with Crippen LogP contribution in [-0.4, -0.2) is 64.3 Å². The molecule has 2 aliphatic heterocycles. The molecule has 3 amide bonds. The number of aromatic nitrogens is 2. The van der Waals surface area contributed by atoms with E-state index in [4.69, 9.17) is 4.74 Å². The highest BCUT2D eigenvalue weighted by Crippen LogP contribution is 2.31. The molecular weight excluding hydrogens is 422 g/mol. The second-order valence-electron chi connectivity index (χ2n) is 7.23. The molecule has 2 aromatic rings. The molecular formula is C20H25N5O3S2. The van der Waals surface area contributed by atoms with Crippen LogP contribution in [0.1, 0.15) is 29.5 Å². The Morgan fingerprint density at radius 3 is 2.73 bits per heavy atom. The van der Waals surface area contributed by atoms with E-state index < -0.39 is 6.04 Å². The minimum atomic E-state index is -0.704. The van der Waals surface area contributed by atoms with Gasteiger partial charge in [0.25, 0.3) is 0 Å². The number of carbonyl (C=O) groups excluding carboxylic acids is 2. The van der Waals surface area contributed by atoms with E-state index >= 15 is 0 Å². The smallest absolute Gasteiger partial charge is 0.318 e. The van der Waals surface area contributed by atoms with Gasteiger partial charge in [0.05, 0.1) is 0 Å². The Bertz CT molecular complexity index is 851. The van der Waals surface area contributed by atoms with Crippen molar-refractivity contribution < 1.29 is 14.3 Å². The molecule has 4 rings (SSSR count). The van der Waals surface area contributed by atoms with Gasteiger partial charge in [-0.15, -0.1) is 10.2 Å². The summed E-state index contributed by atoms with van der Waals surface area (Å²) in [6, 6.07) is 8.76. The molecule has 2 saturated heterocycles. The molecule has 1 aromatic heterocycles. The number of nitrogens with zero attached hydrogens (tertiary/aromatic N) is 3. The molecule has 30 heavy (non-hydrogen) atoms. The van der Waals surface area contributed by atoms with Crippen molar-refractivity contribution in [2.45, 2.75) is 31.4 Å². The van der Waals surface area contributed by atoms with Crippen molar-refractivity contribution in [3.63, 3.8) is 0 Å². The molecule has 10 heteroatoms. The first-order valence-electron chi connectivity index (χ1n) is 10.1. The van der Waals surface area contributed by atoms with E-state index in [0.717, 1.165) is 41.5 Å². The SMILES string of the molecule is O=C(Nc1nnc(C2CCCO2)s1)C(Cc1ccccc1)NC(=O)N1CCSCC1. The second-order valence-corrected chi connectivity index (χ2v) is 9.46. The normalized spacial score (nSPS) is 20.0. The van der Waals surface area contributed by atoms with Crippen LogP contribution in [0.2, 0.25) is 0 Å². The summed E-state index contributed by atoms with van der Waals surface area (Å²) >= 11 is 3.16. The van der Waals surface area contributed by atoms with Gasteiger partial charge < -0.3 is 15.0 Å². The number of benzene rings is 1. The molecule has 1 aromatic carbocycles. The topological polar surface area (TPSA) is 96.5 Å². The molecule has 2 fully saturated rings. The van der Waals surface area contributed by atoms with E-state index in [1.165, 1.54) is 11.3 Å². The molecule has 0 radical (unpaired) electrons. The van der Waals surface area contributed by atoms with Crippen molar-refractivity contribution in [3.05, 3.63) is 40.9 Å². The number of anilines is 1. The van der Waals surface area contributed by atoms with Crippen LogP contribution in [0.5, 0.6) is 0 Å². The predicted molar refractivity (Wildman–Crippen MR) is 118 cm³/mol. The summed E-state index contributed by atoms with van der Waals surface area (Å²) in [5, 5.41) is 15.2. The zero-order valence-corrected chi connectivity index (χ0v) is 18.2. The van der Waals surface area contributed by atoms with E-state index in [-0.39, 0.29) is 18.0 Å². The number of hydrogen-bond acceptors (Lipinski definition) is 7. The van der Waals surface area contributed by atoms with Crippen LogP contribution in [0.4, 0.5) is 9.93 Å². The van der Waals surface area contributed by atoms with Gasteiger partial charge in [0, 0.05) is 37.6 Å². The summed E-state index contributed by atoms with van der Waals surface area (Å²) in [5.74, 6) is 1.54. The van der Waals surface area contributed by atoms with Gasteiger partial charge >= 0.3 is 6.03 Å². The Morgan fingerprint density at radius 1 is 1.20 bits per heavy atom. The number of nitrogens with one attached hydrogen (secondary N) is 2. The molecule has 8 nitrogen and oxygen atoms in total. The summed E-state index contributed by atoms with van der Waals surface area (Å²) in [6.07, 6.45) is 2.29. The number of hydrogen-bond donors (Lipinski definition) is 2. The first kappa shape index (κ1) is 21.1. The van der Waals surface area contributed by atoms with Crippen molar-refractivity contribution in [1.29, 1.82) is 0 Å². The molecule has 0 spiro atoms. The number of amides is 3. The highest BCUT2D eigenvalue weighted by atomic mass is 32.2. The standard InChI is InChI=1S/C20H25N5O3S2/c26-17(22-19-24-23-18(30-19)16-7-4-10-28-16)15(13-14-5-2-1-3-6-14)21-20(27)25-8-11-29-12-9-25/h1-3,5-6,15-16H,4,7-13H2,(H,21,27)(H,22,24,26). The summed E-state index contributed by atoms with van der Waals surface area (Å²) in [6.45, 7) is 2.11. The maximum atomic E-state index is 13.0. The summed E-state index contributed by atoms with van der Waals surface area (Å²) < 4.78 is 5.63. The Labute approximate surface area is 183 Å². The van der Waals surface area contributed by atoms with E-state index in [0.29, 0.717) is 24.6 Å². The van der Waals surface area contributed by atoms with Gasteiger partial charge in [-0.2, -0.15) is 11.8 Å². The first-order valence-corrected chi connectivity index (χ1v) is 12.1. The van der Waals surface area contributed by atoms with Gasteiger partial charge in [-0.3, -0.25) is 10.1 Å². The number of thioether (sulfide) groups is 1. The summed E-state index contributed by atoms with van der Waals surface area (Å²) in [5.41, 5.74) is 0.976. The fraction of sp³-hybridized carbons (Fsp3) is 0.500. The molecule has 2 aliphatic rings. The minimum Gasteiger partial charge on any atom is -0.371 e. The molecule has 2 unspecified atom stereocenters. The highest BCUT2D eigenvalue weighted by molar-refractivity contribution is 7.99.